The topological polar surface area (TPSA) is 51.9 Å². The molecule has 6 fully saturated rings. The number of hydrogen-bond donors (Lipinski definition) is 0. The van der Waals surface area contributed by atoms with Crippen molar-refractivity contribution in [3.8, 4) is 33.8 Å². The van der Waals surface area contributed by atoms with Crippen LogP contribution in [0.1, 0.15) is 294 Å². The van der Waals surface area contributed by atoms with Crippen molar-refractivity contribution < 1.29 is 64.7 Å². The van der Waals surface area contributed by atoms with Gasteiger partial charge in [-0.05, 0) is 250 Å². The molecule has 645 valence electrons. The van der Waals surface area contributed by atoms with Crippen molar-refractivity contribution in [3.05, 3.63) is 252 Å². The number of halogens is 1. The van der Waals surface area contributed by atoms with Gasteiger partial charge in [0, 0.05) is 107 Å². The third kappa shape index (κ3) is 15.2. The van der Waals surface area contributed by atoms with E-state index in [2.05, 4.69) is 274 Å². The monoisotopic (exact) mass is 2160 g/mol. The fourth-order valence-corrected chi connectivity index (χ4v) is 25.9. The van der Waals surface area contributed by atoms with E-state index in [9.17, 15) is 0 Å². The molecule has 6 aromatic heterocycles. The Balaban J connectivity index is 0.000000135. The van der Waals surface area contributed by atoms with Gasteiger partial charge < -0.3 is 13.2 Å². The molecule has 6 atom stereocenters. The number of rotatable bonds is 17. The first-order valence-electron chi connectivity index (χ1n) is 46.7. The van der Waals surface area contributed by atoms with Crippen LogP contribution >= 0.6 is 0 Å². The van der Waals surface area contributed by atoms with Crippen molar-refractivity contribution in [2.45, 2.75) is 261 Å². The van der Waals surface area contributed by atoms with Gasteiger partial charge in [-0.2, -0.15) is 0 Å². The summed E-state index contributed by atoms with van der Waals surface area (Å²) in [7, 11) is 0. The molecule has 6 aliphatic carbocycles. The second kappa shape index (κ2) is 35.6. The minimum absolute atomic E-state index is 0. The quantitative estimate of drug-likeness (QED) is 0.0674. The number of benzene rings is 9. The predicted molar refractivity (Wildman–Crippen MR) is 502 cm³/mol. The fraction of sp³-hybridized carbons (Fsp3) is 0.442. The van der Waals surface area contributed by atoms with Gasteiger partial charge >= 0.3 is 0 Å². The molecule has 21 rings (SSSR count). The molecule has 6 nitrogen and oxygen atoms in total. The van der Waals surface area contributed by atoms with Crippen LogP contribution in [0, 0.1) is 81.2 Å². The molecular formula is C113H126FIr3N6-3. The summed E-state index contributed by atoms with van der Waals surface area (Å²) < 4.78 is 22.7. The van der Waals surface area contributed by atoms with Crippen LogP contribution in [0.3, 0.4) is 0 Å². The Hall–Kier alpha value is -7.51. The van der Waals surface area contributed by atoms with E-state index in [0.29, 0.717) is 86.4 Å². The maximum atomic E-state index is 15.7. The SMILES string of the molecule is CC(C)CC(CC(C)C)c1cccc(C(CC(C)C)CC(C)C)c1-c1cnc2c3[c-]cccc3c3ccccc3n12.CC1(C)C2CCC1(C)C(c1cccc(C3CC4CCC3(C)C4(C)C)c1-c1cnc3c4[c-]cccc4c4ccccc4n13)C2.Fc1cccc2c3ccc[c-]c3c3ncc(-c4c(C5CCCCC5)cccc4C4CCCCC4)n3c12.[Ir].[Ir].[Ir]. The Morgan fingerprint density at radius 3 is 1.11 bits per heavy atom. The summed E-state index contributed by atoms with van der Waals surface area (Å²) in [6.45, 7) is 34.5. The molecule has 10 heteroatoms. The summed E-state index contributed by atoms with van der Waals surface area (Å²) >= 11 is 0. The zero-order valence-corrected chi connectivity index (χ0v) is 82.3. The van der Waals surface area contributed by atoms with Crippen LogP contribution in [0.4, 0.5) is 4.39 Å². The van der Waals surface area contributed by atoms with Gasteiger partial charge in [0.2, 0.25) is 0 Å². The fourth-order valence-electron chi connectivity index (χ4n) is 25.9. The van der Waals surface area contributed by atoms with Crippen LogP contribution in [0.5, 0.6) is 0 Å². The molecular weight excluding hydrogens is 2040 g/mol. The third-order valence-corrected chi connectivity index (χ3v) is 32.4. The number of nitrogens with zero attached hydrogens (tertiary/aromatic N) is 6. The first-order chi connectivity index (χ1) is 58.0. The number of imidazole rings is 3. The van der Waals surface area contributed by atoms with E-state index in [1.807, 2.05) is 42.6 Å². The molecule has 123 heavy (non-hydrogen) atoms. The molecule has 0 amide bonds. The van der Waals surface area contributed by atoms with E-state index >= 15 is 4.39 Å². The summed E-state index contributed by atoms with van der Waals surface area (Å²) in [4.78, 5) is 15.3. The Kier molecular flexibility index (Phi) is 25.7. The van der Waals surface area contributed by atoms with E-state index in [1.165, 1.54) is 211 Å². The predicted octanol–water partition coefficient (Wildman–Crippen LogP) is 31.8. The Labute approximate surface area is 772 Å². The zero-order valence-electron chi connectivity index (χ0n) is 75.1. The summed E-state index contributed by atoms with van der Waals surface area (Å²) in [6, 6.07) is 74.1. The molecule has 4 bridgehead atoms. The number of hydrogen-bond acceptors (Lipinski definition) is 3. The van der Waals surface area contributed by atoms with Gasteiger partial charge in [0.05, 0.1) is 39.5 Å². The van der Waals surface area contributed by atoms with Crippen molar-refractivity contribution >= 4 is 82.0 Å². The van der Waals surface area contributed by atoms with E-state index < -0.39 is 0 Å². The molecule has 9 aromatic carbocycles. The van der Waals surface area contributed by atoms with E-state index in [1.54, 1.807) is 17.2 Å². The molecule has 0 N–H and O–H groups in total. The zero-order chi connectivity index (χ0) is 82.8. The largest absolute Gasteiger partial charge is 0.333 e. The maximum absolute atomic E-state index is 15.7. The number of fused-ring (bicyclic) bond motifs is 22. The molecule has 0 saturated heterocycles. The van der Waals surface area contributed by atoms with Crippen LogP contribution in [0.15, 0.2) is 195 Å². The summed E-state index contributed by atoms with van der Waals surface area (Å²) in [5.74, 6) is 7.24. The Morgan fingerprint density at radius 2 is 0.707 bits per heavy atom. The second-order valence-electron chi connectivity index (χ2n) is 41.3. The Bertz CT molecular complexity index is 6220. The first-order valence-corrected chi connectivity index (χ1v) is 46.7. The number of aromatic nitrogens is 6. The molecule has 6 aliphatic rings. The van der Waals surface area contributed by atoms with Crippen molar-refractivity contribution in [1.82, 2.24) is 28.2 Å². The maximum Gasteiger partial charge on any atom is 0.146 e. The van der Waals surface area contributed by atoms with Crippen molar-refractivity contribution in [2.24, 2.45) is 57.2 Å². The van der Waals surface area contributed by atoms with Crippen molar-refractivity contribution in [1.29, 1.82) is 0 Å². The van der Waals surface area contributed by atoms with Crippen LogP contribution in [-0.4, -0.2) is 28.2 Å². The van der Waals surface area contributed by atoms with E-state index in [0.717, 1.165) is 61.4 Å². The van der Waals surface area contributed by atoms with E-state index in [-0.39, 0.29) is 66.1 Å². The third-order valence-electron chi connectivity index (χ3n) is 32.4. The average molecular weight is 2160 g/mol. The van der Waals surface area contributed by atoms with Crippen molar-refractivity contribution in [2.75, 3.05) is 0 Å². The molecule has 3 radical (unpaired) electrons. The van der Waals surface area contributed by atoms with Crippen LogP contribution in [-0.2, 0) is 60.3 Å². The van der Waals surface area contributed by atoms with Gasteiger partial charge in [0.15, 0.2) is 0 Å². The average Bonchev–Trinajstić information content (AvgIpc) is 1.53. The van der Waals surface area contributed by atoms with Gasteiger partial charge in [-0.3, -0.25) is 15.0 Å². The minimum Gasteiger partial charge on any atom is -0.333 e. The minimum atomic E-state index is -0.197. The van der Waals surface area contributed by atoms with Crippen LogP contribution in [0.2, 0.25) is 0 Å². The number of para-hydroxylation sites is 3. The normalized spacial score (nSPS) is 21.3. The summed E-state index contributed by atoms with van der Waals surface area (Å²) in [5, 5.41) is 10.1. The summed E-state index contributed by atoms with van der Waals surface area (Å²) in [5.41, 5.74) is 24.2. The molecule has 15 aromatic rings. The molecule has 0 spiro atoms. The first kappa shape index (κ1) is 88.9. The van der Waals surface area contributed by atoms with Crippen molar-refractivity contribution in [3.63, 3.8) is 0 Å². The molecule has 6 saturated carbocycles. The van der Waals surface area contributed by atoms with Crippen LogP contribution < -0.4 is 0 Å². The number of pyridine rings is 3. The van der Waals surface area contributed by atoms with Gasteiger partial charge in [0.1, 0.15) is 5.82 Å². The van der Waals surface area contributed by atoms with Gasteiger partial charge in [-0.15, -0.1) is 89.0 Å². The van der Waals surface area contributed by atoms with Gasteiger partial charge in [0.25, 0.3) is 0 Å². The Morgan fingerprint density at radius 1 is 0.366 bits per heavy atom. The summed E-state index contributed by atoms with van der Waals surface area (Å²) in [6.07, 6.45) is 32.0. The van der Waals surface area contributed by atoms with E-state index in [4.69, 9.17) is 15.0 Å². The second-order valence-corrected chi connectivity index (χ2v) is 41.3. The molecule has 6 unspecified atom stereocenters. The smallest absolute Gasteiger partial charge is 0.146 e. The van der Waals surface area contributed by atoms with Gasteiger partial charge in [-0.25, -0.2) is 4.39 Å². The van der Waals surface area contributed by atoms with Gasteiger partial charge in [-0.1, -0.05) is 255 Å². The molecule has 6 heterocycles. The standard InChI is InChI=1S/C41H45N2.C39H49N2.C33H32FN2.3Ir/c1-38(2)25-18-20-40(38,5)32(22-25)30-15-11-16-31(33-23-26-19-21-41(33,6)39(26,3)4)36(30)35-24-42-37-29-14-8-7-12-27(29)28-13-9-10-17-34(28)43(35)37;1-25(2)20-29(21-26(3)4)31-17-13-18-32(30(22-27(5)6)23-28(7)8)38(31)37-24-40-39-35-16-10-9-14-33(35)34-15-11-12-19-36(34)41(37)39;34-29-20-10-19-27-26-15-7-8-16-28(26)33-35-21-30(36(33)32(27)29)31-24(22-11-3-1-4-12-22)17-9-18-25(31)23-13-5-2-6-14-23;;;/h7-13,15-17,24-26,32-33H,18-23H2,1-6H3;9-15,17-19,24-30H,20-23H2,1-8H3;7-10,15,17-23H,1-6,11-14H2;;;/q3*-1;;;. The molecule has 0 aliphatic heterocycles. The van der Waals surface area contributed by atoms with Crippen LogP contribution in [0.25, 0.3) is 116 Å².